The second kappa shape index (κ2) is 5.05. The van der Waals surface area contributed by atoms with Crippen LogP contribution in [0.4, 0.5) is 0 Å². The number of fused-ring (bicyclic) bond motifs is 2. The van der Waals surface area contributed by atoms with E-state index < -0.39 is 0 Å². The lowest BCUT2D eigenvalue weighted by molar-refractivity contribution is 0.785. The van der Waals surface area contributed by atoms with E-state index in [1.54, 1.807) is 0 Å². The molecule has 2 aliphatic rings. The summed E-state index contributed by atoms with van der Waals surface area (Å²) in [6, 6.07) is 12.5. The minimum Gasteiger partial charge on any atom is -0.0836 e. The Hall–Kier alpha value is -2.05. The Bertz CT molecular complexity index is 834. The van der Waals surface area contributed by atoms with E-state index in [4.69, 9.17) is 11.6 Å². The summed E-state index contributed by atoms with van der Waals surface area (Å²) in [5.74, 6) is 0.477. The molecule has 0 saturated heterocycles. The molecule has 1 heteroatoms. The van der Waals surface area contributed by atoms with Gasteiger partial charge in [0.05, 0.1) is 0 Å². The molecule has 2 aliphatic carbocycles. The molecule has 0 heterocycles. The molecule has 1 unspecified atom stereocenters. The van der Waals surface area contributed by atoms with Crippen LogP contribution in [0.5, 0.6) is 0 Å². The Balaban J connectivity index is 2.00. The highest BCUT2D eigenvalue weighted by atomic mass is 35.5. The van der Waals surface area contributed by atoms with Gasteiger partial charge in [-0.1, -0.05) is 78.4 Å². The first-order valence-electron chi connectivity index (χ1n) is 7.28. The zero-order valence-corrected chi connectivity index (χ0v) is 12.3. The standard InChI is InChI=1S/C20H15Cl/c21-19-13-12-15-7-2-4-10-17(15)20(19)18-11-5-8-14-6-1-3-9-16(14)18/h1-5,7-14H,6H2. The molecule has 0 fully saturated rings. The fourth-order valence-electron chi connectivity index (χ4n) is 3.25. The van der Waals surface area contributed by atoms with Crippen molar-refractivity contribution < 1.29 is 0 Å². The number of benzene rings is 2. The predicted molar refractivity (Wildman–Crippen MR) is 91.4 cm³/mol. The maximum Gasteiger partial charge on any atom is 0.0490 e. The van der Waals surface area contributed by atoms with Gasteiger partial charge in [-0.2, -0.15) is 0 Å². The molecule has 0 amide bonds. The third-order valence-corrected chi connectivity index (χ3v) is 4.58. The molecule has 2 aromatic carbocycles. The fourth-order valence-corrected chi connectivity index (χ4v) is 3.51. The van der Waals surface area contributed by atoms with Crippen LogP contribution in [0.25, 0.3) is 16.3 Å². The van der Waals surface area contributed by atoms with Crippen LogP contribution in [0, 0.1) is 5.92 Å². The van der Waals surface area contributed by atoms with Gasteiger partial charge in [0.1, 0.15) is 0 Å². The third-order valence-electron chi connectivity index (χ3n) is 4.27. The highest BCUT2D eigenvalue weighted by Crippen LogP contribution is 2.42. The lowest BCUT2D eigenvalue weighted by atomic mass is 9.79. The molecular weight excluding hydrogens is 276 g/mol. The molecule has 0 nitrogen and oxygen atoms in total. The smallest absolute Gasteiger partial charge is 0.0490 e. The van der Waals surface area contributed by atoms with Crippen molar-refractivity contribution in [2.24, 2.45) is 5.92 Å². The van der Waals surface area contributed by atoms with Crippen molar-refractivity contribution in [1.29, 1.82) is 0 Å². The van der Waals surface area contributed by atoms with E-state index in [9.17, 15) is 0 Å². The summed E-state index contributed by atoms with van der Waals surface area (Å²) in [5, 5.41) is 3.28. The van der Waals surface area contributed by atoms with Crippen molar-refractivity contribution in [2.45, 2.75) is 6.42 Å². The lowest BCUT2D eigenvalue weighted by Gasteiger charge is -2.25. The molecule has 1 atom stereocenters. The molecule has 21 heavy (non-hydrogen) atoms. The van der Waals surface area contributed by atoms with Crippen molar-refractivity contribution in [1.82, 2.24) is 0 Å². The summed E-state index contributed by atoms with van der Waals surface area (Å²) in [6.45, 7) is 0. The molecular formula is C20H15Cl. The normalized spacial score (nSPS) is 20.1. The lowest BCUT2D eigenvalue weighted by Crippen LogP contribution is -2.08. The van der Waals surface area contributed by atoms with E-state index in [0.29, 0.717) is 5.92 Å². The number of hydrogen-bond acceptors (Lipinski definition) is 0. The minimum atomic E-state index is 0.477. The Labute approximate surface area is 129 Å². The molecule has 102 valence electrons. The monoisotopic (exact) mass is 290 g/mol. The average molecular weight is 291 g/mol. The van der Waals surface area contributed by atoms with Crippen LogP contribution < -0.4 is 0 Å². The van der Waals surface area contributed by atoms with Crippen molar-refractivity contribution >= 4 is 27.9 Å². The van der Waals surface area contributed by atoms with Gasteiger partial charge >= 0.3 is 0 Å². The molecule has 0 aromatic heterocycles. The first-order valence-corrected chi connectivity index (χ1v) is 7.65. The van der Waals surface area contributed by atoms with E-state index >= 15 is 0 Å². The number of allylic oxidation sites excluding steroid dienone is 8. The van der Waals surface area contributed by atoms with Gasteiger partial charge in [0.2, 0.25) is 0 Å². The predicted octanol–water partition coefficient (Wildman–Crippen LogP) is 5.95. The summed E-state index contributed by atoms with van der Waals surface area (Å²) >= 11 is 6.56. The Morgan fingerprint density at radius 2 is 1.86 bits per heavy atom. The molecule has 0 saturated carbocycles. The summed E-state index contributed by atoms with van der Waals surface area (Å²) in [6.07, 6.45) is 14.3. The molecule has 0 radical (unpaired) electrons. The van der Waals surface area contributed by atoms with Crippen molar-refractivity contribution in [3.05, 3.63) is 89.0 Å². The first kappa shape index (κ1) is 12.7. The SMILES string of the molecule is Clc1ccc2ccccc2c1C1=CC=CC2CC=CC=C12. The third kappa shape index (κ3) is 2.07. The number of halogens is 1. The van der Waals surface area contributed by atoms with Crippen LogP contribution in [0.2, 0.25) is 5.02 Å². The van der Waals surface area contributed by atoms with E-state index in [-0.39, 0.29) is 0 Å². The summed E-state index contributed by atoms with van der Waals surface area (Å²) < 4.78 is 0. The summed E-state index contributed by atoms with van der Waals surface area (Å²) in [4.78, 5) is 0. The topological polar surface area (TPSA) is 0 Å². The Kier molecular flexibility index (Phi) is 3.05. The summed E-state index contributed by atoms with van der Waals surface area (Å²) in [7, 11) is 0. The first-order chi connectivity index (χ1) is 10.3. The zero-order chi connectivity index (χ0) is 14.2. The fraction of sp³-hybridized carbons (Fsp3) is 0.100. The number of hydrogen-bond donors (Lipinski definition) is 0. The maximum atomic E-state index is 6.56. The zero-order valence-electron chi connectivity index (χ0n) is 11.6. The van der Waals surface area contributed by atoms with Gasteiger partial charge in [-0.15, -0.1) is 0 Å². The highest BCUT2D eigenvalue weighted by Gasteiger charge is 2.22. The van der Waals surface area contributed by atoms with Gasteiger partial charge in [-0.3, -0.25) is 0 Å². The van der Waals surface area contributed by atoms with Crippen LogP contribution >= 0.6 is 11.6 Å². The van der Waals surface area contributed by atoms with Crippen LogP contribution in [0.15, 0.2) is 78.4 Å². The van der Waals surface area contributed by atoms with Gasteiger partial charge in [-0.05, 0) is 34.4 Å². The van der Waals surface area contributed by atoms with Crippen molar-refractivity contribution in [3.63, 3.8) is 0 Å². The largest absolute Gasteiger partial charge is 0.0836 e. The quantitative estimate of drug-likeness (QED) is 0.609. The summed E-state index contributed by atoms with van der Waals surface area (Å²) in [5.41, 5.74) is 3.79. The average Bonchev–Trinajstić information content (AvgIpc) is 2.54. The highest BCUT2D eigenvalue weighted by molar-refractivity contribution is 6.34. The van der Waals surface area contributed by atoms with Gasteiger partial charge in [0, 0.05) is 16.5 Å². The number of rotatable bonds is 1. The minimum absolute atomic E-state index is 0.477. The van der Waals surface area contributed by atoms with Crippen LogP contribution in [0.1, 0.15) is 12.0 Å². The second-order valence-electron chi connectivity index (χ2n) is 5.50. The van der Waals surface area contributed by atoms with Crippen molar-refractivity contribution in [2.75, 3.05) is 0 Å². The van der Waals surface area contributed by atoms with Crippen LogP contribution in [0.3, 0.4) is 0 Å². The van der Waals surface area contributed by atoms with E-state index in [2.05, 4.69) is 66.8 Å². The van der Waals surface area contributed by atoms with Crippen LogP contribution in [-0.4, -0.2) is 0 Å². The van der Waals surface area contributed by atoms with E-state index in [0.717, 1.165) is 17.0 Å². The molecule has 0 spiro atoms. The second-order valence-corrected chi connectivity index (χ2v) is 5.91. The van der Waals surface area contributed by atoms with E-state index in [1.165, 1.54) is 21.9 Å². The van der Waals surface area contributed by atoms with Crippen molar-refractivity contribution in [3.8, 4) is 0 Å². The molecule has 0 N–H and O–H groups in total. The van der Waals surface area contributed by atoms with Gasteiger partial charge in [0.25, 0.3) is 0 Å². The van der Waals surface area contributed by atoms with Gasteiger partial charge < -0.3 is 0 Å². The van der Waals surface area contributed by atoms with E-state index in [1.807, 2.05) is 6.07 Å². The van der Waals surface area contributed by atoms with Crippen LogP contribution in [-0.2, 0) is 0 Å². The molecule has 0 bridgehead atoms. The van der Waals surface area contributed by atoms with Gasteiger partial charge in [-0.25, -0.2) is 0 Å². The molecule has 4 rings (SSSR count). The molecule has 2 aromatic rings. The Morgan fingerprint density at radius 3 is 2.81 bits per heavy atom. The Morgan fingerprint density at radius 1 is 0.952 bits per heavy atom. The maximum absolute atomic E-state index is 6.56. The van der Waals surface area contributed by atoms with Gasteiger partial charge in [0.15, 0.2) is 0 Å². The molecule has 0 aliphatic heterocycles.